The molecule has 1 aromatic heterocycles. The molecule has 0 aliphatic carbocycles. The Morgan fingerprint density at radius 1 is 1.22 bits per heavy atom. The first-order valence-electron chi connectivity index (χ1n) is 7.29. The van der Waals surface area contributed by atoms with Gasteiger partial charge in [-0.1, -0.05) is 30.0 Å². The lowest BCUT2D eigenvalue weighted by molar-refractivity contribution is -0.113. The van der Waals surface area contributed by atoms with Gasteiger partial charge in [-0.15, -0.1) is 0 Å². The van der Waals surface area contributed by atoms with Gasteiger partial charge in [0.2, 0.25) is 5.91 Å². The van der Waals surface area contributed by atoms with Crippen LogP contribution in [0.2, 0.25) is 0 Å². The summed E-state index contributed by atoms with van der Waals surface area (Å²) >= 11 is 1.29. The van der Waals surface area contributed by atoms with Crippen LogP contribution in [-0.4, -0.2) is 16.6 Å². The highest BCUT2D eigenvalue weighted by Gasteiger charge is 2.12. The second kappa shape index (κ2) is 7.30. The number of benzene rings is 1. The topological polar surface area (TPSA) is 65.8 Å². The molecule has 0 aliphatic heterocycles. The summed E-state index contributed by atoms with van der Waals surface area (Å²) in [6, 6.07) is 9.94. The van der Waals surface area contributed by atoms with E-state index in [9.17, 15) is 10.1 Å². The third kappa shape index (κ3) is 4.11. The Morgan fingerprint density at radius 3 is 2.48 bits per heavy atom. The number of thioether (sulfide) groups is 1. The van der Waals surface area contributed by atoms with Gasteiger partial charge < -0.3 is 5.32 Å². The Labute approximate surface area is 140 Å². The number of carbonyl (C=O) groups is 1. The predicted octanol–water partition coefficient (Wildman–Crippen LogP) is 3.92. The molecule has 0 bridgehead atoms. The van der Waals surface area contributed by atoms with Crippen molar-refractivity contribution in [3.05, 3.63) is 52.2 Å². The average Bonchev–Trinajstić information content (AvgIpc) is 2.48. The van der Waals surface area contributed by atoms with Crippen LogP contribution in [0.5, 0.6) is 0 Å². The van der Waals surface area contributed by atoms with Gasteiger partial charge in [-0.2, -0.15) is 5.26 Å². The molecule has 1 amide bonds. The third-order valence-corrected chi connectivity index (χ3v) is 4.48. The SMILES string of the molecule is Cc1cc(C)c(C#N)c(SCC(=O)Nc2c(C)cccc2C)n1. The van der Waals surface area contributed by atoms with E-state index in [1.165, 1.54) is 11.8 Å². The maximum absolute atomic E-state index is 12.2. The number of carbonyl (C=O) groups excluding carboxylic acids is 1. The fraction of sp³-hybridized carbons (Fsp3) is 0.278. The minimum atomic E-state index is -0.0998. The van der Waals surface area contributed by atoms with E-state index in [2.05, 4.69) is 16.4 Å². The Balaban J connectivity index is 2.10. The van der Waals surface area contributed by atoms with Gasteiger partial charge in [0.15, 0.2) is 0 Å². The highest BCUT2D eigenvalue weighted by Crippen LogP contribution is 2.24. The van der Waals surface area contributed by atoms with Crippen LogP contribution in [0.3, 0.4) is 0 Å². The van der Waals surface area contributed by atoms with Crippen molar-refractivity contribution in [3.63, 3.8) is 0 Å². The lowest BCUT2D eigenvalue weighted by Gasteiger charge is -2.12. The van der Waals surface area contributed by atoms with E-state index in [0.29, 0.717) is 10.6 Å². The smallest absolute Gasteiger partial charge is 0.234 e. The number of amides is 1. The van der Waals surface area contributed by atoms with Gasteiger partial charge in [-0.3, -0.25) is 4.79 Å². The summed E-state index contributed by atoms with van der Waals surface area (Å²) in [5, 5.41) is 12.8. The zero-order chi connectivity index (χ0) is 17.0. The van der Waals surface area contributed by atoms with Gasteiger partial charge >= 0.3 is 0 Å². The van der Waals surface area contributed by atoms with Gasteiger partial charge in [0.25, 0.3) is 0 Å². The molecular formula is C18H19N3OS. The van der Waals surface area contributed by atoms with E-state index < -0.39 is 0 Å². The van der Waals surface area contributed by atoms with E-state index in [1.807, 2.05) is 52.0 Å². The molecule has 1 N–H and O–H groups in total. The summed E-state index contributed by atoms with van der Waals surface area (Å²) in [6.45, 7) is 7.70. The quantitative estimate of drug-likeness (QED) is 0.865. The number of aromatic nitrogens is 1. The average molecular weight is 325 g/mol. The normalized spacial score (nSPS) is 10.2. The summed E-state index contributed by atoms with van der Waals surface area (Å²) in [6.07, 6.45) is 0. The molecule has 1 heterocycles. The number of nitrogens with one attached hydrogen (secondary N) is 1. The van der Waals surface area contributed by atoms with Gasteiger partial charge in [0.1, 0.15) is 11.1 Å². The van der Waals surface area contributed by atoms with Crippen LogP contribution in [0.25, 0.3) is 0 Å². The van der Waals surface area contributed by atoms with Crippen molar-refractivity contribution < 1.29 is 4.79 Å². The zero-order valence-electron chi connectivity index (χ0n) is 13.7. The van der Waals surface area contributed by atoms with Crippen LogP contribution in [0.15, 0.2) is 29.3 Å². The number of hydrogen-bond acceptors (Lipinski definition) is 4. The van der Waals surface area contributed by atoms with Gasteiger partial charge in [0, 0.05) is 11.4 Å². The first kappa shape index (κ1) is 17.0. The minimum absolute atomic E-state index is 0.0998. The molecule has 118 valence electrons. The molecule has 0 aliphatic rings. The van der Waals surface area contributed by atoms with Crippen molar-refractivity contribution in [1.82, 2.24) is 4.98 Å². The molecule has 0 saturated heterocycles. The third-order valence-electron chi connectivity index (χ3n) is 3.51. The Bertz CT molecular complexity index is 773. The molecule has 2 rings (SSSR count). The van der Waals surface area contributed by atoms with Crippen LogP contribution in [0.1, 0.15) is 27.9 Å². The molecule has 4 nitrogen and oxygen atoms in total. The van der Waals surface area contributed by atoms with Crippen molar-refractivity contribution >= 4 is 23.4 Å². The molecule has 0 unspecified atom stereocenters. The lowest BCUT2D eigenvalue weighted by atomic mass is 10.1. The number of aryl methyl sites for hydroxylation is 4. The fourth-order valence-corrected chi connectivity index (χ4v) is 3.26. The van der Waals surface area contributed by atoms with Gasteiger partial charge in [0.05, 0.1) is 11.3 Å². The van der Waals surface area contributed by atoms with E-state index in [-0.39, 0.29) is 11.7 Å². The largest absolute Gasteiger partial charge is 0.325 e. The summed E-state index contributed by atoms with van der Waals surface area (Å²) in [5.74, 6) is 0.121. The Hall–Kier alpha value is -2.32. The molecule has 0 saturated carbocycles. The summed E-state index contributed by atoms with van der Waals surface area (Å²) < 4.78 is 0. The van der Waals surface area contributed by atoms with Gasteiger partial charge in [-0.25, -0.2) is 4.98 Å². The number of nitriles is 1. The Kier molecular flexibility index (Phi) is 5.41. The maximum atomic E-state index is 12.2. The summed E-state index contributed by atoms with van der Waals surface area (Å²) in [7, 11) is 0. The minimum Gasteiger partial charge on any atom is -0.325 e. The van der Waals surface area contributed by atoms with Crippen LogP contribution in [0, 0.1) is 39.0 Å². The van der Waals surface area contributed by atoms with Crippen LogP contribution >= 0.6 is 11.8 Å². The van der Waals surface area contributed by atoms with Crippen LogP contribution in [0.4, 0.5) is 5.69 Å². The number of para-hydroxylation sites is 1. The van der Waals surface area contributed by atoms with E-state index in [1.54, 1.807) is 0 Å². The molecule has 0 atom stereocenters. The molecular weight excluding hydrogens is 306 g/mol. The molecule has 0 radical (unpaired) electrons. The van der Waals surface area contributed by atoms with Gasteiger partial charge in [-0.05, 0) is 50.5 Å². The van der Waals surface area contributed by atoms with Crippen molar-refractivity contribution in [2.75, 3.05) is 11.1 Å². The van der Waals surface area contributed by atoms with Crippen LogP contribution in [-0.2, 0) is 4.79 Å². The first-order chi connectivity index (χ1) is 10.9. The fourth-order valence-electron chi connectivity index (χ4n) is 2.36. The maximum Gasteiger partial charge on any atom is 0.234 e. The van der Waals surface area contributed by atoms with E-state index in [4.69, 9.17) is 0 Å². The molecule has 23 heavy (non-hydrogen) atoms. The number of rotatable bonds is 4. The first-order valence-corrected chi connectivity index (χ1v) is 8.28. The van der Waals surface area contributed by atoms with E-state index >= 15 is 0 Å². The highest BCUT2D eigenvalue weighted by atomic mass is 32.2. The standard InChI is InChI=1S/C18H19N3OS/c1-11-6-5-7-12(2)17(11)21-16(22)10-23-18-15(9-19)13(3)8-14(4)20-18/h5-8H,10H2,1-4H3,(H,21,22). The number of nitrogens with zero attached hydrogens (tertiary/aromatic N) is 2. The highest BCUT2D eigenvalue weighted by molar-refractivity contribution is 8.00. The molecule has 2 aromatic rings. The summed E-state index contributed by atoms with van der Waals surface area (Å²) in [4.78, 5) is 16.6. The summed E-state index contributed by atoms with van der Waals surface area (Å²) in [5.41, 5.74) is 5.19. The molecule has 5 heteroatoms. The lowest BCUT2D eigenvalue weighted by Crippen LogP contribution is -2.16. The monoisotopic (exact) mass is 325 g/mol. The molecule has 1 aromatic carbocycles. The molecule has 0 fully saturated rings. The van der Waals surface area contributed by atoms with Crippen LogP contribution < -0.4 is 5.32 Å². The Morgan fingerprint density at radius 2 is 1.87 bits per heavy atom. The van der Waals surface area contributed by atoms with Crippen molar-refractivity contribution in [3.8, 4) is 6.07 Å². The molecule has 0 spiro atoms. The second-order valence-electron chi connectivity index (χ2n) is 5.48. The second-order valence-corrected chi connectivity index (χ2v) is 6.44. The number of pyridine rings is 1. The predicted molar refractivity (Wildman–Crippen MR) is 93.7 cm³/mol. The number of hydrogen-bond donors (Lipinski definition) is 1. The van der Waals surface area contributed by atoms with Crippen molar-refractivity contribution in [2.24, 2.45) is 0 Å². The van der Waals surface area contributed by atoms with Crippen molar-refractivity contribution in [2.45, 2.75) is 32.7 Å². The van der Waals surface area contributed by atoms with E-state index in [0.717, 1.165) is 28.1 Å². The van der Waals surface area contributed by atoms with Crippen molar-refractivity contribution in [1.29, 1.82) is 5.26 Å². The zero-order valence-corrected chi connectivity index (χ0v) is 14.5. The number of anilines is 1.